The summed E-state index contributed by atoms with van der Waals surface area (Å²) in [7, 11) is 0. The Morgan fingerprint density at radius 2 is 1.71 bits per heavy atom. The number of carbonyl (C=O) groups is 1. The lowest BCUT2D eigenvalue weighted by atomic mass is 10.3. The molecule has 1 heterocycles. The molecule has 0 amide bonds. The minimum Gasteiger partial charge on any atom is -0.508 e. The first-order valence-electron chi connectivity index (χ1n) is 7.78. The lowest BCUT2D eigenvalue weighted by Crippen LogP contribution is -2.48. The molecule has 1 aromatic carbocycles. The molecule has 0 bridgehead atoms. The lowest BCUT2D eigenvalue weighted by Gasteiger charge is -2.34. The molecule has 1 aliphatic heterocycles. The molecule has 0 atom stereocenters. The van der Waals surface area contributed by atoms with Crippen molar-refractivity contribution in [3.63, 3.8) is 0 Å². The van der Waals surface area contributed by atoms with E-state index in [4.69, 9.17) is 15.2 Å². The molecule has 1 aliphatic rings. The van der Waals surface area contributed by atoms with Crippen LogP contribution in [0.15, 0.2) is 24.3 Å². The maximum Gasteiger partial charge on any atom is 0.325 e. The molecule has 0 spiro atoms. The van der Waals surface area contributed by atoms with Gasteiger partial charge in [-0.25, -0.2) is 0 Å². The van der Waals surface area contributed by atoms with E-state index in [2.05, 4.69) is 9.74 Å². The van der Waals surface area contributed by atoms with Gasteiger partial charge in [-0.05, 0) is 30.7 Å². The van der Waals surface area contributed by atoms with Crippen molar-refractivity contribution in [2.24, 2.45) is 0 Å². The SMILES string of the molecule is O=C(CN1CCN(CCCON(O)O)CC1)Oc1ccc(O)cc1. The minimum atomic E-state index is -0.325. The molecule has 0 saturated carbocycles. The third-order valence-corrected chi connectivity index (χ3v) is 3.71. The molecule has 9 nitrogen and oxygen atoms in total. The molecular weight excluding hydrogens is 318 g/mol. The minimum absolute atomic E-state index is 0.127. The van der Waals surface area contributed by atoms with Gasteiger partial charge >= 0.3 is 5.97 Å². The third kappa shape index (κ3) is 6.79. The fraction of sp³-hybridized carbons (Fsp3) is 0.533. The highest BCUT2D eigenvalue weighted by Crippen LogP contribution is 2.16. The highest BCUT2D eigenvalue weighted by molar-refractivity contribution is 5.74. The standard InChI is InChI=1S/C15H23N3O6/c19-13-2-4-14(5-3-13)24-15(20)12-17-9-7-16(8-10-17)6-1-11-23-18(21)22/h2-5,19,21-22H,1,6-12H2. The summed E-state index contributed by atoms with van der Waals surface area (Å²) in [4.78, 5) is 20.7. The Kier molecular flexibility index (Phi) is 7.37. The number of phenols is 1. The molecule has 24 heavy (non-hydrogen) atoms. The van der Waals surface area contributed by atoms with Crippen LogP contribution in [-0.2, 0) is 9.63 Å². The molecule has 134 valence electrons. The van der Waals surface area contributed by atoms with Gasteiger partial charge in [0.05, 0.1) is 18.5 Å². The second-order valence-electron chi connectivity index (χ2n) is 5.53. The monoisotopic (exact) mass is 341 g/mol. The van der Waals surface area contributed by atoms with E-state index >= 15 is 0 Å². The second-order valence-corrected chi connectivity index (χ2v) is 5.53. The first kappa shape index (κ1) is 18.6. The van der Waals surface area contributed by atoms with Gasteiger partial charge in [0.25, 0.3) is 0 Å². The molecule has 0 radical (unpaired) electrons. The van der Waals surface area contributed by atoms with Crippen molar-refractivity contribution < 1.29 is 29.9 Å². The summed E-state index contributed by atoms with van der Waals surface area (Å²) in [6.07, 6.45) is 0.681. The molecule has 9 heteroatoms. The number of hydrogen-bond donors (Lipinski definition) is 3. The molecule has 0 aliphatic carbocycles. The van der Waals surface area contributed by atoms with Crippen LogP contribution >= 0.6 is 0 Å². The summed E-state index contributed by atoms with van der Waals surface area (Å²) in [6, 6.07) is 6.04. The molecular formula is C15H23N3O6. The Morgan fingerprint density at radius 3 is 2.33 bits per heavy atom. The number of phenolic OH excluding ortho intramolecular Hbond substituents is 1. The van der Waals surface area contributed by atoms with Crippen molar-refractivity contribution in [2.75, 3.05) is 45.9 Å². The van der Waals surface area contributed by atoms with Crippen molar-refractivity contribution >= 4 is 5.97 Å². The number of aromatic hydroxyl groups is 1. The van der Waals surface area contributed by atoms with Crippen LogP contribution in [0.2, 0.25) is 0 Å². The normalized spacial score (nSPS) is 16.5. The van der Waals surface area contributed by atoms with Crippen LogP contribution in [0.1, 0.15) is 6.42 Å². The van der Waals surface area contributed by atoms with Gasteiger partial charge in [-0.1, -0.05) is 0 Å². The summed E-state index contributed by atoms with van der Waals surface area (Å²) >= 11 is 0. The smallest absolute Gasteiger partial charge is 0.325 e. The second kappa shape index (κ2) is 9.52. The van der Waals surface area contributed by atoms with E-state index in [9.17, 15) is 9.90 Å². The average molecular weight is 341 g/mol. The largest absolute Gasteiger partial charge is 0.508 e. The maximum absolute atomic E-state index is 11.9. The molecule has 1 saturated heterocycles. The fourth-order valence-electron chi connectivity index (χ4n) is 2.47. The molecule has 0 aromatic heterocycles. The van der Waals surface area contributed by atoms with Crippen molar-refractivity contribution in [1.29, 1.82) is 0 Å². The molecule has 0 unspecified atom stereocenters. The summed E-state index contributed by atoms with van der Waals surface area (Å²) < 4.78 is 5.23. The third-order valence-electron chi connectivity index (χ3n) is 3.71. The van der Waals surface area contributed by atoms with E-state index < -0.39 is 0 Å². The number of esters is 1. The van der Waals surface area contributed by atoms with E-state index in [0.717, 1.165) is 32.7 Å². The van der Waals surface area contributed by atoms with Crippen molar-refractivity contribution in [1.82, 2.24) is 15.2 Å². The average Bonchev–Trinajstić information content (AvgIpc) is 2.55. The number of hydrogen-bond acceptors (Lipinski definition) is 9. The first-order chi connectivity index (χ1) is 11.5. The molecule has 3 N–H and O–H groups in total. The van der Waals surface area contributed by atoms with Crippen LogP contribution in [0.25, 0.3) is 0 Å². The summed E-state index contributed by atoms with van der Waals surface area (Å²) in [5, 5.41) is 25.7. The van der Waals surface area contributed by atoms with Crippen molar-refractivity contribution in [3.8, 4) is 11.5 Å². The van der Waals surface area contributed by atoms with Crippen LogP contribution in [0.4, 0.5) is 0 Å². The Bertz CT molecular complexity index is 502. The number of piperazine rings is 1. The number of ether oxygens (including phenoxy) is 1. The Morgan fingerprint density at radius 1 is 1.08 bits per heavy atom. The Balaban J connectivity index is 1.62. The summed E-state index contributed by atoms with van der Waals surface area (Å²) in [5.74, 6) is 0.216. The van der Waals surface area contributed by atoms with Crippen LogP contribution in [0, 0.1) is 0 Å². The Hall–Kier alpha value is -1.75. The maximum atomic E-state index is 11.9. The van der Waals surface area contributed by atoms with E-state index in [-0.39, 0.29) is 30.3 Å². The summed E-state index contributed by atoms with van der Waals surface area (Å²) in [6.45, 7) is 4.42. The highest BCUT2D eigenvalue weighted by Gasteiger charge is 2.19. The van der Waals surface area contributed by atoms with Gasteiger partial charge in [0.15, 0.2) is 0 Å². The zero-order valence-corrected chi connectivity index (χ0v) is 13.4. The van der Waals surface area contributed by atoms with Gasteiger partial charge in [-0.15, -0.1) is 0 Å². The highest BCUT2D eigenvalue weighted by atomic mass is 17.1. The molecule has 1 aromatic rings. The lowest BCUT2D eigenvalue weighted by molar-refractivity contribution is -0.492. The van der Waals surface area contributed by atoms with Crippen LogP contribution in [0.5, 0.6) is 11.5 Å². The fourth-order valence-corrected chi connectivity index (χ4v) is 2.47. The number of benzene rings is 1. The van der Waals surface area contributed by atoms with E-state index in [1.807, 2.05) is 4.90 Å². The predicted octanol–water partition coefficient (Wildman–Crippen LogP) is 0.317. The number of carbonyl (C=O) groups excluding carboxylic acids is 1. The Labute approximate surface area is 140 Å². The topological polar surface area (TPSA) is 106 Å². The van der Waals surface area contributed by atoms with Crippen LogP contribution in [0.3, 0.4) is 0 Å². The number of rotatable bonds is 8. The van der Waals surface area contributed by atoms with Crippen molar-refractivity contribution in [2.45, 2.75) is 6.42 Å². The zero-order chi connectivity index (χ0) is 17.4. The molecule has 1 fully saturated rings. The van der Waals surface area contributed by atoms with Crippen LogP contribution in [-0.4, -0.2) is 82.6 Å². The van der Waals surface area contributed by atoms with Crippen molar-refractivity contribution in [3.05, 3.63) is 24.3 Å². The summed E-state index contributed by atoms with van der Waals surface area (Å²) in [5.41, 5.74) is 0. The zero-order valence-electron chi connectivity index (χ0n) is 13.4. The first-order valence-corrected chi connectivity index (χ1v) is 7.78. The predicted molar refractivity (Wildman–Crippen MR) is 82.6 cm³/mol. The number of nitrogens with zero attached hydrogens (tertiary/aromatic N) is 3. The van der Waals surface area contributed by atoms with Gasteiger partial charge in [-0.3, -0.25) is 24.9 Å². The van der Waals surface area contributed by atoms with Gasteiger partial charge in [0, 0.05) is 32.7 Å². The van der Waals surface area contributed by atoms with Gasteiger partial charge in [0.1, 0.15) is 11.5 Å². The van der Waals surface area contributed by atoms with Gasteiger partial charge in [0.2, 0.25) is 0 Å². The van der Waals surface area contributed by atoms with E-state index in [0.29, 0.717) is 12.2 Å². The quantitative estimate of drug-likeness (QED) is 0.267. The van der Waals surface area contributed by atoms with Gasteiger partial charge in [-0.2, -0.15) is 0 Å². The van der Waals surface area contributed by atoms with Gasteiger partial charge < -0.3 is 14.7 Å². The van der Waals surface area contributed by atoms with E-state index in [1.54, 1.807) is 12.1 Å². The van der Waals surface area contributed by atoms with Crippen LogP contribution < -0.4 is 4.74 Å². The van der Waals surface area contributed by atoms with E-state index in [1.165, 1.54) is 12.1 Å². The molecule has 2 rings (SSSR count).